The van der Waals surface area contributed by atoms with E-state index in [4.69, 9.17) is 21.4 Å². The van der Waals surface area contributed by atoms with Gasteiger partial charge in [0.1, 0.15) is 30.3 Å². The lowest BCUT2D eigenvalue weighted by atomic mass is 10.2. The number of anilines is 2. The van der Waals surface area contributed by atoms with Gasteiger partial charge in [-0.15, -0.1) is 0 Å². The van der Waals surface area contributed by atoms with E-state index >= 15 is 0 Å². The Bertz CT molecular complexity index is 952. The molecule has 0 aliphatic carbocycles. The van der Waals surface area contributed by atoms with Crippen molar-refractivity contribution in [3.8, 4) is 5.75 Å². The van der Waals surface area contributed by atoms with Gasteiger partial charge >= 0.3 is 0 Å². The van der Waals surface area contributed by atoms with E-state index in [1.807, 2.05) is 0 Å². The van der Waals surface area contributed by atoms with Crippen LogP contribution in [0.1, 0.15) is 6.42 Å². The maximum absolute atomic E-state index is 13.3. The molecule has 1 heterocycles. The van der Waals surface area contributed by atoms with E-state index in [0.29, 0.717) is 28.2 Å². The van der Waals surface area contributed by atoms with Crippen LogP contribution in [0.15, 0.2) is 42.7 Å². The molecule has 0 fully saturated rings. The predicted molar refractivity (Wildman–Crippen MR) is 96.4 cm³/mol. The second-order valence-corrected chi connectivity index (χ2v) is 5.86. The van der Waals surface area contributed by atoms with E-state index in [2.05, 4.69) is 15.3 Å². The van der Waals surface area contributed by atoms with Crippen LogP contribution in [0.2, 0.25) is 5.02 Å². The van der Waals surface area contributed by atoms with Gasteiger partial charge in [0.05, 0.1) is 17.1 Å². The Hall–Kier alpha value is -2.77. The number of fused-ring (bicyclic) bond motifs is 1. The molecule has 0 aliphatic heterocycles. The van der Waals surface area contributed by atoms with Gasteiger partial charge in [0.15, 0.2) is 5.78 Å². The van der Waals surface area contributed by atoms with Crippen LogP contribution in [0.25, 0.3) is 10.9 Å². The van der Waals surface area contributed by atoms with Gasteiger partial charge in [0.25, 0.3) is 0 Å². The molecule has 8 heteroatoms. The number of carbonyl (C=O) groups excluding carboxylic acids is 1. The molecular formula is C18H15ClFN3O3. The maximum atomic E-state index is 13.3. The average Bonchev–Trinajstić information content (AvgIpc) is 2.65. The van der Waals surface area contributed by atoms with Crippen molar-refractivity contribution in [2.24, 2.45) is 0 Å². The first kappa shape index (κ1) is 18.0. The zero-order chi connectivity index (χ0) is 18.5. The number of nitrogens with zero attached hydrogens (tertiary/aromatic N) is 2. The molecule has 0 saturated carbocycles. The summed E-state index contributed by atoms with van der Waals surface area (Å²) < 4.78 is 18.8. The minimum absolute atomic E-state index is 0.00549. The lowest BCUT2D eigenvalue weighted by molar-refractivity contribution is -0.122. The first-order chi connectivity index (χ1) is 12.6. The zero-order valence-electron chi connectivity index (χ0n) is 13.6. The summed E-state index contributed by atoms with van der Waals surface area (Å²) in [5.41, 5.74) is 1.27. The zero-order valence-corrected chi connectivity index (χ0v) is 14.3. The van der Waals surface area contributed by atoms with Crippen molar-refractivity contribution in [3.63, 3.8) is 0 Å². The smallest absolute Gasteiger partial charge is 0.161 e. The lowest BCUT2D eigenvalue weighted by Crippen LogP contribution is -2.09. The Balaban J connectivity index is 1.84. The van der Waals surface area contributed by atoms with E-state index < -0.39 is 12.4 Å². The van der Waals surface area contributed by atoms with Crippen molar-refractivity contribution < 1.29 is 19.0 Å². The van der Waals surface area contributed by atoms with Crippen molar-refractivity contribution >= 4 is 39.8 Å². The number of hydrogen-bond acceptors (Lipinski definition) is 6. The number of Topliss-reactive ketones (excluding diaryl/α,β-unsaturated/α-hetero) is 1. The fraction of sp³-hybridized carbons (Fsp3) is 0.167. The second-order valence-electron chi connectivity index (χ2n) is 5.45. The number of ketones is 1. The van der Waals surface area contributed by atoms with Crippen molar-refractivity contribution in [2.45, 2.75) is 6.42 Å². The topological polar surface area (TPSA) is 84.3 Å². The Morgan fingerprint density at radius 3 is 2.85 bits per heavy atom. The van der Waals surface area contributed by atoms with Crippen molar-refractivity contribution in [2.75, 3.05) is 18.5 Å². The molecular weight excluding hydrogens is 361 g/mol. The molecule has 3 rings (SSSR count). The highest BCUT2D eigenvalue weighted by Crippen LogP contribution is 2.28. The van der Waals surface area contributed by atoms with Crippen molar-refractivity contribution in [3.05, 3.63) is 53.6 Å². The summed E-state index contributed by atoms with van der Waals surface area (Å²) in [5, 5.41) is 12.5. The third kappa shape index (κ3) is 4.25. The minimum atomic E-state index is -0.502. The number of benzene rings is 2. The Morgan fingerprint density at radius 2 is 2.08 bits per heavy atom. The minimum Gasteiger partial charge on any atom is -0.493 e. The number of hydrogen-bond donors (Lipinski definition) is 2. The molecule has 0 unspecified atom stereocenters. The van der Waals surface area contributed by atoms with Gasteiger partial charge in [-0.1, -0.05) is 11.6 Å². The predicted octanol–water partition coefficient (Wildman–Crippen LogP) is 3.50. The molecule has 0 amide bonds. The summed E-state index contributed by atoms with van der Waals surface area (Å²) in [6, 6.07) is 9.52. The van der Waals surface area contributed by atoms with Crippen LogP contribution >= 0.6 is 11.6 Å². The number of ether oxygens (including phenoxy) is 1. The molecule has 0 radical (unpaired) electrons. The van der Waals surface area contributed by atoms with Gasteiger partial charge in [0.2, 0.25) is 0 Å². The number of aliphatic hydroxyl groups excluding tert-OH is 1. The molecule has 0 saturated heterocycles. The summed E-state index contributed by atoms with van der Waals surface area (Å²) in [6.45, 7) is -0.335. The van der Waals surface area contributed by atoms with Crippen LogP contribution in [0, 0.1) is 5.82 Å². The molecule has 134 valence electrons. The van der Waals surface area contributed by atoms with E-state index in [1.54, 1.807) is 24.3 Å². The first-order valence-corrected chi connectivity index (χ1v) is 8.17. The molecule has 0 aliphatic rings. The van der Waals surface area contributed by atoms with Gasteiger partial charge < -0.3 is 15.2 Å². The van der Waals surface area contributed by atoms with Gasteiger partial charge in [-0.05, 0) is 36.4 Å². The number of aliphatic hydroxyl groups is 1. The standard InChI is InChI=1S/C18H15ClFN3O3/c19-15-7-11(1-3-16(15)20)23-18-14-8-13(26-6-5-12(25)9-24)2-4-17(14)21-10-22-18/h1-4,7-8,10,24H,5-6,9H2,(H,21,22,23). The normalized spacial score (nSPS) is 10.7. The van der Waals surface area contributed by atoms with Crippen molar-refractivity contribution in [1.82, 2.24) is 9.97 Å². The van der Waals surface area contributed by atoms with E-state index in [9.17, 15) is 9.18 Å². The second kappa shape index (κ2) is 8.07. The number of nitrogens with one attached hydrogen (secondary N) is 1. The molecule has 0 atom stereocenters. The van der Waals surface area contributed by atoms with Gasteiger partial charge in [-0.3, -0.25) is 4.79 Å². The van der Waals surface area contributed by atoms with Crippen LogP contribution in [0.3, 0.4) is 0 Å². The van der Waals surface area contributed by atoms with Crippen LogP contribution in [-0.4, -0.2) is 34.1 Å². The highest BCUT2D eigenvalue weighted by Gasteiger charge is 2.08. The fourth-order valence-electron chi connectivity index (χ4n) is 2.30. The summed E-state index contributed by atoms with van der Waals surface area (Å²) in [7, 11) is 0. The van der Waals surface area contributed by atoms with Crippen molar-refractivity contribution in [1.29, 1.82) is 0 Å². The average molecular weight is 376 g/mol. The van der Waals surface area contributed by atoms with E-state index in [-0.39, 0.29) is 23.8 Å². The summed E-state index contributed by atoms with van der Waals surface area (Å²) in [5.74, 6) is 0.260. The maximum Gasteiger partial charge on any atom is 0.161 e. The highest BCUT2D eigenvalue weighted by atomic mass is 35.5. The van der Waals surface area contributed by atoms with Gasteiger partial charge in [-0.25, -0.2) is 14.4 Å². The highest BCUT2D eigenvalue weighted by molar-refractivity contribution is 6.31. The number of carbonyl (C=O) groups is 1. The number of rotatable bonds is 7. The molecule has 6 nitrogen and oxygen atoms in total. The Labute approximate surface area is 153 Å². The monoisotopic (exact) mass is 375 g/mol. The quantitative estimate of drug-likeness (QED) is 0.657. The molecule has 0 spiro atoms. The summed E-state index contributed by atoms with van der Waals surface area (Å²) in [6.07, 6.45) is 1.54. The summed E-state index contributed by atoms with van der Waals surface area (Å²) >= 11 is 5.81. The third-order valence-electron chi connectivity index (χ3n) is 3.62. The van der Waals surface area contributed by atoms with E-state index in [1.165, 1.54) is 18.5 Å². The molecule has 2 aromatic carbocycles. The largest absolute Gasteiger partial charge is 0.493 e. The van der Waals surface area contributed by atoms with E-state index in [0.717, 1.165) is 0 Å². The van der Waals surface area contributed by atoms with Crippen LogP contribution < -0.4 is 10.1 Å². The van der Waals surface area contributed by atoms with Crippen LogP contribution in [0.4, 0.5) is 15.9 Å². The Morgan fingerprint density at radius 1 is 1.23 bits per heavy atom. The molecule has 26 heavy (non-hydrogen) atoms. The number of halogens is 2. The Kier molecular flexibility index (Phi) is 5.60. The molecule has 2 N–H and O–H groups in total. The fourth-order valence-corrected chi connectivity index (χ4v) is 2.48. The van der Waals surface area contributed by atoms with Gasteiger partial charge in [0, 0.05) is 17.5 Å². The van der Waals surface area contributed by atoms with Crippen LogP contribution in [0.5, 0.6) is 5.75 Å². The molecule has 1 aromatic heterocycles. The first-order valence-electron chi connectivity index (χ1n) is 7.79. The van der Waals surface area contributed by atoms with Gasteiger partial charge in [-0.2, -0.15) is 0 Å². The molecule has 0 bridgehead atoms. The SMILES string of the molecule is O=C(CO)CCOc1ccc2ncnc(Nc3ccc(F)c(Cl)c3)c2c1. The summed E-state index contributed by atoms with van der Waals surface area (Å²) in [4.78, 5) is 19.5. The molecule has 3 aromatic rings. The number of aromatic nitrogens is 2. The van der Waals surface area contributed by atoms with Crippen LogP contribution in [-0.2, 0) is 4.79 Å². The lowest BCUT2D eigenvalue weighted by Gasteiger charge is -2.11. The third-order valence-corrected chi connectivity index (χ3v) is 3.90.